The largest absolute Gasteiger partial charge is 0.497 e. The molecular formula is C19H15ClN2O4S2. The second-order valence-electron chi connectivity index (χ2n) is 5.57. The highest BCUT2D eigenvalue weighted by Crippen LogP contribution is 2.34. The molecule has 1 aliphatic heterocycles. The summed E-state index contributed by atoms with van der Waals surface area (Å²) in [5, 5.41) is 1.56. The Morgan fingerprint density at radius 1 is 1.18 bits per heavy atom. The SMILES string of the molecule is COc1ccc(OC)c(C=C2SC(=S)N(NC(=O)c3ccc(Cl)cc3)C2=O)c1. The third-order valence-electron chi connectivity index (χ3n) is 3.84. The van der Waals surface area contributed by atoms with Crippen molar-refractivity contribution in [2.45, 2.75) is 0 Å². The molecule has 2 aromatic rings. The molecule has 1 N–H and O–H groups in total. The third-order valence-corrected chi connectivity index (χ3v) is 5.39. The van der Waals surface area contributed by atoms with E-state index in [0.717, 1.165) is 16.8 Å². The van der Waals surface area contributed by atoms with E-state index in [9.17, 15) is 9.59 Å². The van der Waals surface area contributed by atoms with E-state index in [1.807, 2.05) is 0 Å². The fourth-order valence-corrected chi connectivity index (χ4v) is 3.72. The van der Waals surface area contributed by atoms with Crippen LogP contribution in [0, 0.1) is 0 Å². The van der Waals surface area contributed by atoms with Crippen LogP contribution in [-0.4, -0.2) is 35.4 Å². The van der Waals surface area contributed by atoms with E-state index >= 15 is 0 Å². The fraction of sp³-hybridized carbons (Fsp3) is 0.105. The summed E-state index contributed by atoms with van der Waals surface area (Å²) >= 11 is 12.2. The maximum Gasteiger partial charge on any atom is 0.285 e. The molecule has 2 amide bonds. The maximum atomic E-state index is 12.7. The lowest BCUT2D eigenvalue weighted by molar-refractivity contribution is -0.123. The van der Waals surface area contributed by atoms with Crippen LogP contribution in [0.15, 0.2) is 47.4 Å². The Labute approximate surface area is 176 Å². The highest BCUT2D eigenvalue weighted by molar-refractivity contribution is 8.26. The van der Waals surface area contributed by atoms with E-state index in [1.54, 1.807) is 55.7 Å². The molecule has 1 saturated heterocycles. The number of carbonyl (C=O) groups is 2. The quantitative estimate of drug-likeness (QED) is 0.568. The first kappa shape index (κ1) is 20.2. The molecule has 1 fully saturated rings. The van der Waals surface area contributed by atoms with Crippen LogP contribution in [0.4, 0.5) is 0 Å². The highest BCUT2D eigenvalue weighted by atomic mass is 35.5. The molecule has 0 radical (unpaired) electrons. The average molecular weight is 435 g/mol. The molecule has 1 aliphatic rings. The van der Waals surface area contributed by atoms with Crippen molar-refractivity contribution < 1.29 is 19.1 Å². The molecule has 0 saturated carbocycles. The van der Waals surface area contributed by atoms with Crippen molar-refractivity contribution in [3.8, 4) is 11.5 Å². The van der Waals surface area contributed by atoms with E-state index in [-0.39, 0.29) is 4.32 Å². The molecule has 28 heavy (non-hydrogen) atoms. The Morgan fingerprint density at radius 2 is 1.89 bits per heavy atom. The molecule has 144 valence electrons. The molecule has 0 atom stereocenters. The van der Waals surface area contributed by atoms with E-state index in [1.165, 1.54) is 7.11 Å². The van der Waals surface area contributed by atoms with E-state index in [4.69, 9.17) is 33.3 Å². The van der Waals surface area contributed by atoms with Crippen molar-refractivity contribution in [2.24, 2.45) is 0 Å². The molecule has 9 heteroatoms. The van der Waals surface area contributed by atoms with Gasteiger partial charge in [-0.25, -0.2) is 0 Å². The first-order chi connectivity index (χ1) is 13.4. The number of benzene rings is 2. The second-order valence-corrected chi connectivity index (χ2v) is 7.69. The number of thiocarbonyl (C=S) groups is 1. The lowest BCUT2D eigenvalue weighted by Crippen LogP contribution is -2.44. The Kier molecular flexibility index (Phi) is 6.23. The maximum absolute atomic E-state index is 12.7. The Morgan fingerprint density at radius 3 is 2.54 bits per heavy atom. The molecule has 6 nitrogen and oxygen atoms in total. The van der Waals surface area contributed by atoms with Gasteiger partial charge in [-0.3, -0.25) is 15.0 Å². The van der Waals surface area contributed by atoms with Crippen LogP contribution in [0.25, 0.3) is 6.08 Å². The third kappa shape index (κ3) is 4.30. The van der Waals surface area contributed by atoms with Gasteiger partial charge in [-0.1, -0.05) is 23.4 Å². The molecule has 0 aliphatic carbocycles. The normalized spacial score (nSPS) is 15.1. The Hall–Kier alpha value is -2.55. The van der Waals surface area contributed by atoms with Crippen molar-refractivity contribution in [1.29, 1.82) is 0 Å². The average Bonchev–Trinajstić information content (AvgIpc) is 2.95. The molecule has 0 bridgehead atoms. The summed E-state index contributed by atoms with van der Waals surface area (Å²) in [4.78, 5) is 25.5. The van der Waals surface area contributed by atoms with E-state index < -0.39 is 11.8 Å². The standard InChI is InChI=1S/C19H15ClN2O4S2/c1-25-14-7-8-15(26-2)12(9-14)10-16-18(24)22(19(27)28-16)21-17(23)11-3-5-13(20)6-4-11/h3-10H,1-2H3,(H,21,23). The van der Waals surface area contributed by atoms with Crippen LogP contribution in [-0.2, 0) is 4.79 Å². The molecule has 0 aromatic heterocycles. The Bertz CT molecular complexity index is 976. The van der Waals surface area contributed by atoms with Crippen molar-refractivity contribution >= 4 is 57.8 Å². The van der Waals surface area contributed by atoms with E-state index in [0.29, 0.717) is 32.6 Å². The summed E-state index contributed by atoms with van der Waals surface area (Å²) in [6, 6.07) is 11.6. The number of amides is 2. The number of hydrogen-bond donors (Lipinski definition) is 1. The predicted octanol–water partition coefficient (Wildman–Crippen LogP) is 3.90. The van der Waals surface area contributed by atoms with Gasteiger partial charge >= 0.3 is 0 Å². The number of nitrogens with one attached hydrogen (secondary N) is 1. The zero-order valence-corrected chi connectivity index (χ0v) is 17.3. The first-order valence-corrected chi connectivity index (χ1v) is 9.59. The number of ether oxygens (including phenoxy) is 2. The minimum Gasteiger partial charge on any atom is -0.497 e. The number of halogens is 1. The fourth-order valence-electron chi connectivity index (χ4n) is 2.42. The lowest BCUT2D eigenvalue weighted by atomic mass is 10.1. The minimum atomic E-state index is -0.465. The van der Waals surface area contributed by atoms with Crippen molar-refractivity contribution in [1.82, 2.24) is 10.4 Å². The van der Waals surface area contributed by atoms with Crippen LogP contribution in [0.5, 0.6) is 11.5 Å². The van der Waals surface area contributed by atoms with Crippen molar-refractivity contribution in [2.75, 3.05) is 14.2 Å². The zero-order valence-electron chi connectivity index (χ0n) is 14.9. The number of rotatable bonds is 5. The molecule has 2 aromatic carbocycles. The van der Waals surface area contributed by atoms with Crippen LogP contribution in [0.3, 0.4) is 0 Å². The summed E-state index contributed by atoms with van der Waals surface area (Å²) in [5.74, 6) is 0.310. The van der Waals surface area contributed by atoms with Gasteiger partial charge in [-0.2, -0.15) is 5.01 Å². The zero-order chi connectivity index (χ0) is 20.3. The van der Waals surface area contributed by atoms with Gasteiger partial charge in [0.15, 0.2) is 4.32 Å². The minimum absolute atomic E-state index is 0.223. The highest BCUT2D eigenvalue weighted by Gasteiger charge is 2.34. The summed E-state index contributed by atoms with van der Waals surface area (Å²) < 4.78 is 10.8. The number of nitrogens with zero attached hydrogens (tertiary/aromatic N) is 1. The van der Waals surface area contributed by atoms with Crippen LogP contribution >= 0.6 is 35.6 Å². The molecule has 0 spiro atoms. The summed E-state index contributed by atoms with van der Waals surface area (Å²) in [6.07, 6.45) is 1.65. The van der Waals surface area contributed by atoms with Gasteiger partial charge in [0.1, 0.15) is 11.5 Å². The number of hydrogen-bond acceptors (Lipinski definition) is 6. The van der Waals surface area contributed by atoms with E-state index in [2.05, 4.69) is 5.43 Å². The molecule has 1 heterocycles. The molecule has 0 unspecified atom stereocenters. The van der Waals surface area contributed by atoms with Gasteiger partial charge in [0.2, 0.25) is 0 Å². The summed E-state index contributed by atoms with van der Waals surface area (Å²) in [7, 11) is 3.09. The molecular weight excluding hydrogens is 420 g/mol. The Balaban J connectivity index is 1.82. The van der Waals surface area contributed by atoms with Gasteiger partial charge in [0.05, 0.1) is 19.1 Å². The van der Waals surface area contributed by atoms with Crippen molar-refractivity contribution in [3.05, 3.63) is 63.5 Å². The van der Waals surface area contributed by atoms with Crippen molar-refractivity contribution in [3.63, 3.8) is 0 Å². The number of carbonyl (C=O) groups excluding carboxylic acids is 2. The number of hydrazine groups is 1. The van der Waals surface area contributed by atoms with Crippen LogP contribution in [0.2, 0.25) is 5.02 Å². The van der Waals surface area contributed by atoms with Gasteiger partial charge in [0.25, 0.3) is 11.8 Å². The van der Waals surface area contributed by atoms with Gasteiger partial charge < -0.3 is 9.47 Å². The lowest BCUT2D eigenvalue weighted by Gasteiger charge is -2.15. The van der Waals surface area contributed by atoms with Gasteiger partial charge in [-0.15, -0.1) is 0 Å². The topological polar surface area (TPSA) is 67.9 Å². The summed E-state index contributed by atoms with van der Waals surface area (Å²) in [6.45, 7) is 0. The van der Waals surface area contributed by atoms with Gasteiger partial charge in [0, 0.05) is 16.1 Å². The predicted molar refractivity (Wildman–Crippen MR) is 113 cm³/mol. The smallest absolute Gasteiger partial charge is 0.285 e. The van der Waals surface area contributed by atoms with Crippen LogP contribution in [0.1, 0.15) is 15.9 Å². The second kappa shape index (κ2) is 8.64. The van der Waals surface area contributed by atoms with Gasteiger partial charge in [-0.05, 0) is 60.8 Å². The summed E-state index contributed by atoms with van der Waals surface area (Å²) in [5.41, 5.74) is 3.54. The monoisotopic (exact) mass is 434 g/mol. The first-order valence-electron chi connectivity index (χ1n) is 7.99. The number of methoxy groups -OCH3 is 2. The van der Waals surface area contributed by atoms with Crippen LogP contribution < -0.4 is 14.9 Å². The number of thioether (sulfide) groups is 1. The molecule has 3 rings (SSSR count).